The van der Waals surface area contributed by atoms with E-state index in [9.17, 15) is 9.59 Å². The zero-order chi connectivity index (χ0) is 36.2. The fourth-order valence-electron chi connectivity index (χ4n) is 7.80. The second kappa shape index (κ2) is 10.9. The number of benzene rings is 2. The van der Waals surface area contributed by atoms with Gasteiger partial charge >= 0.3 is 0 Å². The number of rotatable bonds is 2. The van der Waals surface area contributed by atoms with Crippen LogP contribution in [0.2, 0.25) is 0 Å². The number of fused-ring (bicyclic) bond motifs is 6. The first kappa shape index (κ1) is 35.6. The molecule has 0 heterocycles. The zero-order valence-corrected chi connectivity index (χ0v) is 32.5. The average Bonchev–Trinajstić information content (AvgIpc) is 2.94. The smallest absolute Gasteiger partial charge is 0.185 e. The molecule has 2 spiro atoms. The number of carbonyl (C=O) groups is 2. The predicted octanol–water partition coefficient (Wildman–Crippen LogP) is 10.0. The molecule has 0 unspecified atom stereocenters. The number of Topliss-reactive ketones (excluding diaryl/α,β-unsaturated/α-hetero) is 2. The highest BCUT2D eigenvalue weighted by atomic mass is 16.1. The molecule has 0 aliphatic heterocycles. The Labute approximate surface area is 290 Å². The summed E-state index contributed by atoms with van der Waals surface area (Å²) in [5.41, 5.74) is 6.87. The molecule has 0 bridgehead atoms. The van der Waals surface area contributed by atoms with Crippen molar-refractivity contribution >= 4 is 22.9 Å². The zero-order valence-electron chi connectivity index (χ0n) is 32.5. The largest absolute Gasteiger partial charge is 0.378 e. The van der Waals surface area contributed by atoms with Gasteiger partial charge in [0.15, 0.2) is 11.6 Å². The number of carbonyl (C=O) groups excluding carboxylic acids is 2. The number of hydrogen-bond acceptors (Lipinski definition) is 4. The molecule has 4 nitrogen and oxygen atoms in total. The number of allylic oxidation sites excluding steroid dienone is 8. The summed E-state index contributed by atoms with van der Waals surface area (Å²) in [7, 11) is 8.32. The maximum absolute atomic E-state index is 14.6. The molecule has 2 aromatic rings. The molecule has 4 heteroatoms. The van der Waals surface area contributed by atoms with Gasteiger partial charge in [-0.1, -0.05) is 120 Å². The van der Waals surface area contributed by atoms with Crippen LogP contribution in [-0.2, 0) is 20.4 Å². The van der Waals surface area contributed by atoms with Gasteiger partial charge in [-0.2, -0.15) is 0 Å². The van der Waals surface area contributed by atoms with Gasteiger partial charge in [-0.25, -0.2) is 0 Å². The van der Waals surface area contributed by atoms with Crippen LogP contribution in [-0.4, -0.2) is 39.8 Å². The predicted molar refractivity (Wildman–Crippen MR) is 204 cm³/mol. The van der Waals surface area contributed by atoms with Crippen molar-refractivity contribution in [1.82, 2.24) is 0 Å². The minimum absolute atomic E-state index is 0.114. The molecule has 0 N–H and O–H groups in total. The molecule has 0 atom stereocenters. The van der Waals surface area contributed by atoms with E-state index < -0.39 is 32.5 Å². The van der Waals surface area contributed by atoms with Gasteiger partial charge < -0.3 is 9.80 Å². The van der Waals surface area contributed by atoms with E-state index in [1.165, 1.54) is 0 Å². The monoisotopic (exact) mass is 646 g/mol. The average molecular weight is 647 g/mol. The Morgan fingerprint density at radius 3 is 0.896 bits per heavy atom. The molecule has 0 aromatic heterocycles. The highest BCUT2D eigenvalue weighted by Gasteiger charge is 2.59. The van der Waals surface area contributed by atoms with Gasteiger partial charge in [-0.15, -0.1) is 0 Å². The van der Waals surface area contributed by atoms with E-state index in [0.29, 0.717) is 0 Å². The van der Waals surface area contributed by atoms with Gasteiger partial charge in [0, 0.05) is 72.7 Å². The van der Waals surface area contributed by atoms with E-state index in [-0.39, 0.29) is 11.6 Å². The van der Waals surface area contributed by atoms with Crippen LogP contribution in [0.1, 0.15) is 94.2 Å². The summed E-state index contributed by atoms with van der Waals surface area (Å²) in [6, 6.07) is 13.6. The van der Waals surface area contributed by atoms with Crippen molar-refractivity contribution < 1.29 is 9.59 Å². The van der Waals surface area contributed by atoms with Gasteiger partial charge in [0.05, 0.1) is 0 Å². The van der Waals surface area contributed by atoms with Crippen molar-refractivity contribution in [3.05, 3.63) is 94.1 Å². The minimum atomic E-state index is -0.799. The van der Waals surface area contributed by atoms with Crippen LogP contribution < -0.4 is 9.80 Å². The summed E-state index contributed by atoms with van der Waals surface area (Å²) < 4.78 is 0. The Balaban J connectivity index is 2.15. The molecule has 256 valence electrons. The van der Waals surface area contributed by atoms with E-state index in [2.05, 4.69) is 182 Å². The lowest BCUT2D eigenvalue weighted by molar-refractivity contribution is -0.115. The Kier molecular flexibility index (Phi) is 8.11. The molecular weight excluding hydrogens is 588 g/mol. The molecule has 0 fully saturated rings. The first-order valence-corrected chi connectivity index (χ1v) is 17.4. The Morgan fingerprint density at radius 2 is 0.688 bits per heavy atom. The van der Waals surface area contributed by atoms with Crippen LogP contribution in [0, 0.1) is 21.7 Å². The molecule has 3 aliphatic rings. The van der Waals surface area contributed by atoms with Crippen LogP contribution in [0.25, 0.3) is 11.1 Å². The van der Waals surface area contributed by atoms with Gasteiger partial charge in [0.25, 0.3) is 0 Å². The third-order valence-corrected chi connectivity index (χ3v) is 10.6. The summed E-state index contributed by atoms with van der Waals surface area (Å²) in [6.07, 6.45) is 9.19. The number of anilines is 2. The Bertz CT molecular complexity index is 1630. The second-order valence-corrected chi connectivity index (χ2v) is 18.9. The Hall–Kier alpha value is -3.66. The highest BCUT2D eigenvalue weighted by molar-refractivity contribution is 6.14. The van der Waals surface area contributed by atoms with E-state index in [4.69, 9.17) is 0 Å². The molecule has 5 rings (SSSR count). The van der Waals surface area contributed by atoms with Crippen LogP contribution in [0.4, 0.5) is 11.4 Å². The lowest BCUT2D eigenvalue weighted by Crippen LogP contribution is -2.53. The Morgan fingerprint density at radius 1 is 0.438 bits per heavy atom. The number of ketones is 2. The van der Waals surface area contributed by atoms with E-state index in [1.54, 1.807) is 0 Å². The van der Waals surface area contributed by atoms with Gasteiger partial charge in [-0.05, 0) is 68.2 Å². The third-order valence-electron chi connectivity index (χ3n) is 10.6. The molecule has 2 aromatic carbocycles. The van der Waals surface area contributed by atoms with Crippen molar-refractivity contribution in [1.29, 1.82) is 0 Å². The maximum atomic E-state index is 14.6. The van der Waals surface area contributed by atoms with Crippen molar-refractivity contribution in [3.8, 4) is 11.1 Å². The highest BCUT2D eigenvalue weighted by Crippen LogP contribution is 2.64. The molecule has 48 heavy (non-hydrogen) atoms. The van der Waals surface area contributed by atoms with Crippen molar-refractivity contribution in [3.63, 3.8) is 0 Å². The minimum Gasteiger partial charge on any atom is -0.378 e. The summed E-state index contributed by atoms with van der Waals surface area (Å²) in [6.45, 7) is 25.8. The number of nitrogens with zero attached hydrogens (tertiary/aromatic N) is 2. The van der Waals surface area contributed by atoms with Gasteiger partial charge in [0.2, 0.25) is 0 Å². The topological polar surface area (TPSA) is 40.6 Å². The normalized spacial score (nSPS) is 18.9. The summed E-state index contributed by atoms with van der Waals surface area (Å²) >= 11 is 0. The van der Waals surface area contributed by atoms with E-state index in [0.717, 1.165) is 55.9 Å². The molecule has 0 radical (unpaired) electrons. The van der Waals surface area contributed by atoms with Crippen LogP contribution in [0.5, 0.6) is 0 Å². The van der Waals surface area contributed by atoms with Crippen molar-refractivity contribution in [2.75, 3.05) is 38.0 Å². The van der Waals surface area contributed by atoms with Crippen molar-refractivity contribution in [2.45, 2.75) is 93.9 Å². The van der Waals surface area contributed by atoms with E-state index >= 15 is 0 Å². The maximum Gasteiger partial charge on any atom is 0.185 e. The van der Waals surface area contributed by atoms with Crippen LogP contribution >= 0.6 is 0 Å². The summed E-state index contributed by atoms with van der Waals surface area (Å²) in [4.78, 5) is 33.5. The number of hydrogen-bond donors (Lipinski definition) is 0. The molecule has 0 saturated heterocycles. The lowest BCUT2D eigenvalue weighted by Gasteiger charge is -2.55. The van der Waals surface area contributed by atoms with Crippen LogP contribution in [0.15, 0.2) is 83.0 Å². The second-order valence-electron chi connectivity index (χ2n) is 18.9. The summed E-state index contributed by atoms with van der Waals surface area (Å²) in [5, 5.41) is 0. The standard InChI is InChI=1S/C44H58N2O2/c1-39(2,3)33-23-43(24-34(37(33)47)40(4,5)6)31-19-17-27(45(13)14)21-29(31)30-22-28(46(15)16)18-20-32(30)44(43)25-35(41(7,8)9)38(48)36(26-44)42(10,11)12/h17-26H,1-16H3. The quantitative estimate of drug-likeness (QED) is 0.326. The molecular formula is C44H58N2O2. The molecule has 3 aliphatic carbocycles. The van der Waals surface area contributed by atoms with E-state index in [1.807, 2.05) is 0 Å². The first-order chi connectivity index (χ1) is 21.8. The lowest BCUT2D eigenvalue weighted by atomic mass is 9.46. The fraction of sp³-hybridized carbons (Fsp3) is 0.500. The van der Waals surface area contributed by atoms with Gasteiger partial charge in [-0.3, -0.25) is 9.59 Å². The third kappa shape index (κ3) is 5.44. The molecule has 0 saturated carbocycles. The van der Waals surface area contributed by atoms with Crippen LogP contribution in [0.3, 0.4) is 0 Å². The molecule has 0 amide bonds. The van der Waals surface area contributed by atoms with Crippen molar-refractivity contribution in [2.24, 2.45) is 21.7 Å². The first-order valence-electron chi connectivity index (χ1n) is 17.4. The summed E-state index contributed by atoms with van der Waals surface area (Å²) in [5.74, 6) is 0.228. The van der Waals surface area contributed by atoms with Gasteiger partial charge in [0.1, 0.15) is 0 Å². The fourth-order valence-corrected chi connectivity index (χ4v) is 7.80. The SMILES string of the molecule is CN(C)c1ccc2c(c1)-c1cc(N(C)C)ccc1C1(C=C(C(C)(C)C)C(=O)C(C(C)(C)C)=C1)C21C=C(C(C)(C)C)C(=O)C(C(C)(C)C)=C1.